The molecule has 0 aliphatic rings. The van der Waals surface area contributed by atoms with Crippen LogP contribution in [0.1, 0.15) is 31.2 Å². The van der Waals surface area contributed by atoms with E-state index in [4.69, 9.17) is 17.0 Å². The molecule has 5 heteroatoms. The van der Waals surface area contributed by atoms with Gasteiger partial charge >= 0.3 is 0 Å². The molecule has 0 fully saturated rings. The maximum absolute atomic E-state index is 9.66. The lowest BCUT2D eigenvalue weighted by Gasteiger charge is -2.21. The first-order valence-corrected chi connectivity index (χ1v) is 7.25. The molecule has 0 unspecified atom stereocenters. The fourth-order valence-electron chi connectivity index (χ4n) is 1.69. The van der Waals surface area contributed by atoms with Gasteiger partial charge in [0.05, 0.1) is 4.88 Å². The fraction of sp³-hybridized carbons (Fsp3) is 0.357. The van der Waals surface area contributed by atoms with Crippen LogP contribution in [-0.4, -0.2) is 15.7 Å². The first kappa shape index (κ1) is 14.1. The van der Waals surface area contributed by atoms with E-state index in [0.29, 0.717) is 10.4 Å². The second-order valence-electron chi connectivity index (χ2n) is 5.32. The molecule has 0 radical (unpaired) electrons. The van der Waals surface area contributed by atoms with Crippen molar-refractivity contribution >= 4 is 23.6 Å². The van der Waals surface area contributed by atoms with Crippen molar-refractivity contribution in [2.24, 2.45) is 0 Å². The van der Waals surface area contributed by atoms with Crippen LogP contribution in [0.3, 0.4) is 0 Å². The van der Waals surface area contributed by atoms with Crippen molar-refractivity contribution in [1.29, 1.82) is 0 Å². The van der Waals surface area contributed by atoms with E-state index in [1.54, 1.807) is 0 Å². The molecule has 0 saturated carbocycles. The minimum Gasteiger partial charge on any atom is -0.494 e. The van der Waals surface area contributed by atoms with E-state index in [1.165, 1.54) is 11.3 Å². The van der Waals surface area contributed by atoms with Gasteiger partial charge in [-0.15, -0.1) is 11.3 Å². The van der Waals surface area contributed by atoms with Gasteiger partial charge in [0, 0.05) is 6.42 Å². The van der Waals surface area contributed by atoms with Gasteiger partial charge in [-0.05, 0) is 50.7 Å². The van der Waals surface area contributed by atoms with Gasteiger partial charge in [0.1, 0.15) is 11.4 Å². The molecule has 0 aliphatic heterocycles. The Morgan fingerprint density at radius 2 is 1.89 bits per heavy atom. The van der Waals surface area contributed by atoms with Gasteiger partial charge in [-0.1, -0.05) is 12.1 Å². The maximum Gasteiger partial charge on any atom is 0.203 e. The van der Waals surface area contributed by atoms with Crippen LogP contribution in [0.2, 0.25) is 0 Å². The Labute approximate surface area is 121 Å². The Balaban J connectivity index is 2.11. The van der Waals surface area contributed by atoms with E-state index in [-0.39, 0.29) is 11.5 Å². The van der Waals surface area contributed by atoms with Crippen LogP contribution >= 0.6 is 23.6 Å². The van der Waals surface area contributed by atoms with Crippen molar-refractivity contribution in [3.63, 3.8) is 0 Å². The normalized spacial score (nSPS) is 11.5. The van der Waals surface area contributed by atoms with E-state index in [0.717, 1.165) is 16.2 Å². The number of aromatic amines is 1. The van der Waals surface area contributed by atoms with Crippen molar-refractivity contribution in [2.45, 2.75) is 32.8 Å². The topological polar surface area (TPSA) is 45.2 Å². The van der Waals surface area contributed by atoms with Gasteiger partial charge in [0.25, 0.3) is 0 Å². The predicted octanol–water partition coefficient (Wildman–Crippen LogP) is 4.28. The van der Waals surface area contributed by atoms with E-state index >= 15 is 0 Å². The van der Waals surface area contributed by atoms with Gasteiger partial charge in [-0.3, -0.25) is 0 Å². The third-order valence-corrected chi connectivity index (χ3v) is 3.64. The molecule has 2 N–H and O–H groups in total. The molecule has 1 heterocycles. The zero-order valence-corrected chi connectivity index (χ0v) is 12.8. The number of nitrogens with one attached hydrogen (secondary N) is 1. The molecule has 0 bridgehead atoms. The number of hydrogen-bond acceptors (Lipinski definition) is 4. The molecule has 0 atom stereocenters. The average molecular weight is 295 g/mol. The molecule has 102 valence electrons. The molecule has 0 aliphatic carbocycles. The van der Waals surface area contributed by atoms with E-state index in [9.17, 15) is 5.11 Å². The maximum atomic E-state index is 9.66. The largest absolute Gasteiger partial charge is 0.494 e. The SMILES string of the molecule is CC(C)(C)Oc1ccc(Cc2sc(=S)[nH]c2O)cc1. The summed E-state index contributed by atoms with van der Waals surface area (Å²) in [7, 11) is 0. The predicted molar refractivity (Wildman–Crippen MR) is 80.8 cm³/mol. The van der Waals surface area contributed by atoms with Gasteiger partial charge in [-0.2, -0.15) is 0 Å². The molecule has 2 rings (SSSR count). The van der Waals surface area contributed by atoms with Gasteiger partial charge < -0.3 is 14.8 Å². The molecule has 0 spiro atoms. The molecule has 19 heavy (non-hydrogen) atoms. The fourth-order valence-corrected chi connectivity index (χ4v) is 2.84. The molecule has 2 aromatic rings. The van der Waals surface area contributed by atoms with Crippen molar-refractivity contribution < 1.29 is 9.84 Å². The third-order valence-electron chi connectivity index (χ3n) is 2.41. The zero-order chi connectivity index (χ0) is 14.0. The summed E-state index contributed by atoms with van der Waals surface area (Å²) >= 11 is 6.40. The standard InChI is InChI=1S/C14H17NO2S2/c1-14(2,3)17-10-6-4-9(5-7-10)8-11-12(16)15-13(18)19-11/h4-7,16H,8H2,1-3H3,(H,15,18). The third kappa shape index (κ3) is 4.08. The lowest BCUT2D eigenvalue weighted by molar-refractivity contribution is 0.131. The summed E-state index contributed by atoms with van der Waals surface area (Å²) in [4.78, 5) is 3.59. The quantitative estimate of drug-likeness (QED) is 0.831. The molecular formula is C14H17NO2S2. The Hall–Kier alpha value is -1.33. The van der Waals surface area contributed by atoms with Crippen molar-refractivity contribution in [3.05, 3.63) is 38.7 Å². The van der Waals surface area contributed by atoms with E-state index < -0.39 is 0 Å². The van der Waals surface area contributed by atoms with Crippen LogP contribution in [0.4, 0.5) is 0 Å². The van der Waals surface area contributed by atoms with Crippen molar-refractivity contribution in [2.75, 3.05) is 0 Å². The molecule has 0 amide bonds. The molecule has 3 nitrogen and oxygen atoms in total. The van der Waals surface area contributed by atoms with Gasteiger partial charge in [-0.25, -0.2) is 0 Å². The molecule has 0 saturated heterocycles. The summed E-state index contributed by atoms with van der Waals surface area (Å²) in [6.45, 7) is 6.06. The van der Waals surface area contributed by atoms with Crippen LogP contribution < -0.4 is 4.74 Å². The highest BCUT2D eigenvalue weighted by Crippen LogP contribution is 2.26. The Kier molecular flexibility index (Phi) is 3.96. The summed E-state index contributed by atoms with van der Waals surface area (Å²) in [6, 6.07) is 7.90. The van der Waals surface area contributed by atoms with Crippen LogP contribution in [0.25, 0.3) is 0 Å². The molecule has 1 aromatic carbocycles. The summed E-state index contributed by atoms with van der Waals surface area (Å²) in [5, 5.41) is 9.66. The molecular weight excluding hydrogens is 278 g/mol. The van der Waals surface area contributed by atoms with Crippen LogP contribution in [0, 0.1) is 3.95 Å². The first-order valence-electron chi connectivity index (χ1n) is 6.02. The lowest BCUT2D eigenvalue weighted by atomic mass is 10.1. The minimum atomic E-state index is -0.195. The van der Waals surface area contributed by atoms with Crippen LogP contribution in [0.5, 0.6) is 11.6 Å². The second kappa shape index (κ2) is 5.35. The summed E-state index contributed by atoms with van der Waals surface area (Å²) < 4.78 is 6.36. The lowest BCUT2D eigenvalue weighted by Crippen LogP contribution is -2.22. The number of thiazole rings is 1. The Morgan fingerprint density at radius 3 is 2.37 bits per heavy atom. The second-order valence-corrected chi connectivity index (χ2v) is 7.09. The van der Waals surface area contributed by atoms with E-state index in [2.05, 4.69) is 4.98 Å². The smallest absolute Gasteiger partial charge is 0.203 e. The highest BCUT2D eigenvalue weighted by molar-refractivity contribution is 7.73. The van der Waals surface area contributed by atoms with E-state index in [1.807, 2.05) is 45.0 Å². The number of benzene rings is 1. The highest BCUT2D eigenvalue weighted by Gasteiger charge is 2.12. The monoisotopic (exact) mass is 295 g/mol. The number of hydrogen-bond donors (Lipinski definition) is 2. The van der Waals surface area contributed by atoms with Crippen LogP contribution in [0.15, 0.2) is 24.3 Å². The van der Waals surface area contributed by atoms with Crippen molar-refractivity contribution in [1.82, 2.24) is 4.98 Å². The van der Waals surface area contributed by atoms with Crippen molar-refractivity contribution in [3.8, 4) is 11.6 Å². The van der Waals surface area contributed by atoms with Gasteiger partial charge in [0.15, 0.2) is 3.95 Å². The Morgan fingerprint density at radius 1 is 1.26 bits per heavy atom. The van der Waals surface area contributed by atoms with Crippen LogP contribution in [-0.2, 0) is 6.42 Å². The molecule has 1 aromatic heterocycles. The Bertz CT molecular complexity index is 606. The summed E-state index contributed by atoms with van der Waals surface area (Å²) in [5.74, 6) is 1.02. The number of H-pyrrole nitrogens is 1. The summed E-state index contributed by atoms with van der Waals surface area (Å²) in [5.41, 5.74) is 0.918. The zero-order valence-electron chi connectivity index (χ0n) is 11.2. The average Bonchev–Trinajstić information content (AvgIpc) is 2.58. The first-order chi connectivity index (χ1) is 8.83. The summed E-state index contributed by atoms with van der Waals surface area (Å²) in [6.07, 6.45) is 0.666. The minimum absolute atomic E-state index is 0.171. The number of aromatic nitrogens is 1. The van der Waals surface area contributed by atoms with Gasteiger partial charge in [0.2, 0.25) is 5.88 Å². The highest BCUT2D eigenvalue weighted by atomic mass is 32.1. The number of ether oxygens (including phenoxy) is 1. The number of rotatable bonds is 3. The number of aromatic hydroxyl groups is 1.